The van der Waals surface area contributed by atoms with Gasteiger partial charge in [0.2, 0.25) is 0 Å². The molecular formula is C11H17N3S. The van der Waals surface area contributed by atoms with Gasteiger partial charge in [-0.3, -0.25) is 4.98 Å². The molecule has 1 saturated carbocycles. The Kier molecular flexibility index (Phi) is 3.97. The molecule has 0 unspecified atom stereocenters. The summed E-state index contributed by atoms with van der Waals surface area (Å²) in [6.45, 7) is 0.473. The third-order valence-corrected chi connectivity index (χ3v) is 3.98. The normalized spacial score (nSPS) is 17.1. The van der Waals surface area contributed by atoms with Gasteiger partial charge in [0.05, 0.1) is 18.1 Å². The molecule has 1 heterocycles. The molecule has 0 atom stereocenters. The van der Waals surface area contributed by atoms with E-state index in [9.17, 15) is 0 Å². The first-order valence-corrected chi connectivity index (χ1v) is 6.51. The minimum Gasteiger partial charge on any atom is -0.325 e. The van der Waals surface area contributed by atoms with Crippen molar-refractivity contribution in [2.24, 2.45) is 11.7 Å². The number of nitrogens with two attached hydrogens (primary N) is 1. The lowest BCUT2D eigenvalue weighted by atomic mass is 10.1. The van der Waals surface area contributed by atoms with Crippen LogP contribution < -0.4 is 5.73 Å². The van der Waals surface area contributed by atoms with Crippen LogP contribution in [0.4, 0.5) is 0 Å². The van der Waals surface area contributed by atoms with Crippen LogP contribution in [0.5, 0.6) is 0 Å². The Labute approximate surface area is 94.9 Å². The maximum atomic E-state index is 5.46. The van der Waals surface area contributed by atoms with Crippen molar-refractivity contribution in [1.29, 1.82) is 0 Å². The molecule has 0 spiro atoms. The lowest BCUT2D eigenvalue weighted by Crippen LogP contribution is -2.01. The van der Waals surface area contributed by atoms with E-state index in [0.29, 0.717) is 6.54 Å². The van der Waals surface area contributed by atoms with Gasteiger partial charge in [-0.25, -0.2) is 4.98 Å². The molecular weight excluding hydrogens is 206 g/mol. The molecule has 82 valence electrons. The summed E-state index contributed by atoms with van der Waals surface area (Å²) in [5, 5.41) is 1.03. The standard InChI is InChI=1S/C11H17N3S/c12-5-10-6-14-11(7-13-10)15-8-9-3-1-2-4-9/h6-7,9H,1-5,8,12H2. The van der Waals surface area contributed by atoms with Crippen LogP contribution in [0, 0.1) is 5.92 Å². The first-order valence-electron chi connectivity index (χ1n) is 5.52. The van der Waals surface area contributed by atoms with Crippen LogP contribution in [0.2, 0.25) is 0 Å². The van der Waals surface area contributed by atoms with E-state index in [0.717, 1.165) is 16.6 Å². The predicted molar refractivity (Wildman–Crippen MR) is 62.6 cm³/mol. The zero-order chi connectivity index (χ0) is 10.5. The highest BCUT2D eigenvalue weighted by atomic mass is 32.2. The highest BCUT2D eigenvalue weighted by Crippen LogP contribution is 2.29. The summed E-state index contributed by atoms with van der Waals surface area (Å²) in [5.74, 6) is 2.09. The van der Waals surface area contributed by atoms with Crippen LogP contribution in [-0.4, -0.2) is 15.7 Å². The monoisotopic (exact) mass is 223 g/mol. The fraction of sp³-hybridized carbons (Fsp3) is 0.636. The van der Waals surface area contributed by atoms with E-state index < -0.39 is 0 Å². The minimum atomic E-state index is 0.473. The molecule has 0 aliphatic heterocycles. The maximum absolute atomic E-state index is 5.46. The quantitative estimate of drug-likeness (QED) is 0.795. The summed E-state index contributed by atoms with van der Waals surface area (Å²) < 4.78 is 0. The Morgan fingerprint density at radius 3 is 2.67 bits per heavy atom. The smallest absolute Gasteiger partial charge is 0.114 e. The van der Waals surface area contributed by atoms with Crippen molar-refractivity contribution in [3.05, 3.63) is 18.1 Å². The van der Waals surface area contributed by atoms with Gasteiger partial charge in [-0.05, 0) is 18.8 Å². The molecule has 0 saturated heterocycles. The van der Waals surface area contributed by atoms with Crippen molar-refractivity contribution < 1.29 is 0 Å². The minimum absolute atomic E-state index is 0.473. The first-order chi connectivity index (χ1) is 7.38. The molecule has 1 aliphatic carbocycles. The number of nitrogens with zero attached hydrogens (tertiary/aromatic N) is 2. The summed E-state index contributed by atoms with van der Waals surface area (Å²) in [5.41, 5.74) is 6.33. The van der Waals surface area contributed by atoms with Gasteiger partial charge in [0.1, 0.15) is 5.03 Å². The van der Waals surface area contributed by atoms with Crippen LogP contribution in [0.25, 0.3) is 0 Å². The summed E-state index contributed by atoms with van der Waals surface area (Å²) in [6.07, 6.45) is 9.20. The Bertz CT molecular complexity index is 293. The fourth-order valence-corrected chi connectivity index (χ4v) is 2.90. The van der Waals surface area contributed by atoms with Crippen molar-refractivity contribution >= 4 is 11.8 Å². The molecule has 0 bridgehead atoms. The van der Waals surface area contributed by atoms with Gasteiger partial charge in [-0.15, -0.1) is 11.8 Å². The lowest BCUT2D eigenvalue weighted by molar-refractivity contribution is 0.622. The van der Waals surface area contributed by atoms with E-state index in [1.54, 1.807) is 6.20 Å². The number of rotatable bonds is 4. The van der Waals surface area contributed by atoms with Crippen LogP contribution in [0.1, 0.15) is 31.4 Å². The fourth-order valence-electron chi connectivity index (χ4n) is 1.90. The third kappa shape index (κ3) is 3.18. The SMILES string of the molecule is NCc1cnc(SCC2CCCC2)cn1. The summed E-state index contributed by atoms with van der Waals surface area (Å²) in [7, 11) is 0. The van der Waals surface area contributed by atoms with E-state index in [1.165, 1.54) is 31.4 Å². The van der Waals surface area contributed by atoms with Gasteiger partial charge >= 0.3 is 0 Å². The average Bonchev–Trinajstić information content (AvgIpc) is 2.80. The number of thioether (sulfide) groups is 1. The van der Waals surface area contributed by atoms with E-state index in [4.69, 9.17) is 5.73 Å². The second-order valence-electron chi connectivity index (χ2n) is 4.01. The van der Waals surface area contributed by atoms with Crippen LogP contribution >= 0.6 is 11.8 Å². The van der Waals surface area contributed by atoms with Crippen molar-refractivity contribution in [2.75, 3.05) is 5.75 Å². The number of hydrogen-bond acceptors (Lipinski definition) is 4. The summed E-state index contributed by atoms with van der Waals surface area (Å²) >= 11 is 1.82. The van der Waals surface area contributed by atoms with E-state index in [2.05, 4.69) is 9.97 Å². The van der Waals surface area contributed by atoms with Gasteiger partial charge < -0.3 is 5.73 Å². The van der Waals surface area contributed by atoms with E-state index >= 15 is 0 Å². The summed E-state index contributed by atoms with van der Waals surface area (Å²) in [6, 6.07) is 0. The Balaban J connectivity index is 1.82. The largest absolute Gasteiger partial charge is 0.325 e. The Hall–Kier alpha value is -0.610. The van der Waals surface area contributed by atoms with Crippen LogP contribution in [0.3, 0.4) is 0 Å². The molecule has 1 aromatic rings. The maximum Gasteiger partial charge on any atom is 0.114 e. The topological polar surface area (TPSA) is 51.8 Å². The van der Waals surface area contributed by atoms with Crippen LogP contribution in [0.15, 0.2) is 17.4 Å². The van der Waals surface area contributed by atoms with Gasteiger partial charge in [0.15, 0.2) is 0 Å². The van der Waals surface area contributed by atoms with Gasteiger partial charge in [-0.1, -0.05) is 12.8 Å². The van der Waals surface area contributed by atoms with E-state index in [1.807, 2.05) is 18.0 Å². The Morgan fingerprint density at radius 2 is 2.07 bits per heavy atom. The molecule has 2 N–H and O–H groups in total. The lowest BCUT2D eigenvalue weighted by Gasteiger charge is -2.07. The zero-order valence-electron chi connectivity index (χ0n) is 8.85. The van der Waals surface area contributed by atoms with Gasteiger partial charge in [-0.2, -0.15) is 0 Å². The second kappa shape index (κ2) is 5.47. The molecule has 0 amide bonds. The number of hydrogen-bond donors (Lipinski definition) is 1. The molecule has 3 nitrogen and oxygen atoms in total. The molecule has 4 heteroatoms. The first kappa shape index (κ1) is 10.9. The van der Waals surface area contributed by atoms with Crippen molar-refractivity contribution in [1.82, 2.24) is 9.97 Å². The van der Waals surface area contributed by atoms with Crippen molar-refractivity contribution in [3.8, 4) is 0 Å². The predicted octanol–water partition coefficient (Wildman–Crippen LogP) is 2.22. The molecule has 1 aliphatic rings. The van der Waals surface area contributed by atoms with Crippen molar-refractivity contribution in [2.45, 2.75) is 37.3 Å². The molecule has 2 rings (SSSR count). The number of aromatic nitrogens is 2. The highest BCUT2D eigenvalue weighted by Gasteiger charge is 2.15. The zero-order valence-corrected chi connectivity index (χ0v) is 9.67. The summed E-state index contributed by atoms with van der Waals surface area (Å²) in [4.78, 5) is 8.57. The van der Waals surface area contributed by atoms with Crippen LogP contribution in [-0.2, 0) is 6.54 Å². The molecule has 0 aromatic carbocycles. The van der Waals surface area contributed by atoms with E-state index in [-0.39, 0.29) is 0 Å². The highest BCUT2D eigenvalue weighted by molar-refractivity contribution is 7.99. The molecule has 0 radical (unpaired) electrons. The second-order valence-corrected chi connectivity index (χ2v) is 5.05. The molecule has 15 heavy (non-hydrogen) atoms. The average molecular weight is 223 g/mol. The van der Waals surface area contributed by atoms with Gasteiger partial charge in [0.25, 0.3) is 0 Å². The van der Waals surface area contributed by atoms with Crippen molar-refractivity contribution in [3.63, 3.8) is 0 Å². The molecule has 1 aromatic heterocycles. The Morgan fingerprint density at radius 1 is 1.27 bits per heavy atom. The van der Waals surface area contributed by atoms with Gasteiger partial charge in [0, 0.05) is 12.3 Å². The third-order valence-electron chi connectivity index (χ3n) is 2.83. The molecule has 1 fully saturated rings.